The molecule has 10 heteroatoms. The predicted molar refractivity (Wildman–Crippen MR) is 129 cm³/mol. The van der Waals surface area contributed by atoms with Crippen LogP contribution < -0.4 is 9.47 Å². The standard InChI is InChI=1S/C14H18FNO3.C13H8F2O3/c1-16-6-2-3-10(8-16)9-19-13-5-4-11(14(17)18)7-12(13)15;14-9-3-6-12(11(15)7-9)18-10-4-1-8(2-5-10)13(16)17/h4-5,7,10H,2-3,6,8-9H2,1H3,(H,17,18);1-7H,(H,16,17). The number of hydrogen-bond acceptors (Lipinski definition) is 5. The lowest BCUT2D eigenvalue weighted by Gasteiger charge is -2.29. The van der Waals surface area contributed by atoms with Gasteiger partial charge in [-0.2, -0.15) is 0 Å². The molecule has 0 bridgehead atoms. The fourth-order valence-electron chi connectivity index (χ4n) is 3.72. The second-order valence-corrected chi connectivity index (χ2v) is 8.54. The molecule has 4 rings (SSSR count). The van der Waals surface area contributed by atoms with Crippen LogP contribution in [0, 0.1) is 23.4 Å². The van der Waals surface area contributed by atoms with E-state index >= 15 is 0 Å². The molecule has 1 unspecified atom stereocenters. The molecule has 1 heterocycles. The summed E-state index contributed by atoms with van der Waals surface area (Å²) in [5.74, 6) is -3.67. The Bertz CT molecular complexity index is 1240. The van der Waals surface area contributed by atoms with Crippen molar-refractivity contribution in [2.24, 2.45) is 5.92 Å². The van der Waals surface area contributed by atoms with Gasteiger partial charge in [0.1, 0.15) is 11.6 Å². The quantitative estimate of drug-likeness (QED) is 0.415. The molecule has 0 aromatic heterocycles. The van der Waals surface area contributed by atoms with Crippen LogP contribution in [0.25, 0.3) is 0 Å². The third-order valence-corrected chi connectivity index (χ3v) is 5.60. The SMILES string of the molecule is CN1CCCC(COc2ccc(C(=O)O)cc2F)C1.O=C(O)c1ccc(Oc2ccc(F)cc2F)cc1. The number of rotatable bonds is 7. The van der Waals surface area contributed by atoms with Gasteiger partial charge < -0.3 is 24.6 Å². The van der Waals surface area contributed by atoms with Crippen LogP contribution in [0.3, 0.4) is 0 Å². The lowest BCUT2D eigenvalue weighted by molar-refractivity contribution is 0.0685. The highest BCUT2D eigenvalue weighted by atomic mass is 19.1. The second kappa shape index (κ2) is 12.8. The molecular weight excluding hydrogens is 491 g/mol. The largest absolute Gasteiger partial charge is 0.490 e. The number of carboxylic acid groups (broad SMARTS) is 2. The van der Waals surface area contributed by atoms with Gasteiger partial charge in [0.05, 0.1) is 17.7 Å². The molecule has 3 aromatic carbocycles. The van der Waals surface area contributed by atoms with Crippen molar-refractivity contribution in [1.29, 1.82) is 0 Å². The van der Waals surface area contributed by atoms with E-state index in [0.29, 0.717) is 18.6 Å². The first kappa shape index (κ1) is 27.5. The zero-order valence-electron chi connectivity index (χ0n) is 20.0. The molecule has 196 valence electrons. The first-order valence-electron chi connectivity index (χ1n) is 11.4. The van der Waals surface area contributed by atoms with Crippen LogP contribution in [0.15, 0.2) is 60.7 Å². The first-order valence-corrected chi connectivity index (χ1v) is 11.4. The number of carboxylic acids is 2. The molecule has 0 radical (unpaired) electrons. The molecular formula is C27H26F3NO6. The van der Waals surface area contributed by atoms with Crippen molar-refractivity contribution in [3.05, 3.63) is 89.2 Å². The summed E-state index contributed by atoms with van der Waals surface area (Å²) in [5.41, 5.74) is 0.0316. The molecule has 1 saturated heterocycles. The molecule has 0 spiro atoms. The van der Waals surface area contributed by atoms with E-state index in [4.69, 9.17) is 19.7 Å². The third-order valence-electron chi connectivity index (χ3n) is 5.60. The third kappa shape index (κ3) is 8.25. The highest BCUT2D eigenvalue weighted by molar-refractivity contribution is 5.88. The van der Waals surface area contributed by atoms with Gasteiger partial charge in [-0.25, -0.2) is 22.8 Å². The van der Waals surface area contributed by atoms with E-state index in [-0.39, 0.29) is 28.4 Å². The van der Waals surface area contributed by atoms with Crippen molar-refractivity contribution in [1.82, 2.24) is 4.90 Å². The van der Waals surface area contributed by atoms with Gasteiger partial charge >= 0.3 is 11.9 Å². The Morgan fingerprint density at radius 1 is 0.892 bits per heavy atom. The monoisotopic (exact) mass is 517 g/mol. The number of ether oxygens (including phenoxy) is 2. The Morgan fingerprint density at radius 3 is 2.11 bits per heavy atom. The van der Waals surface area contributed by atoms with E-state index in [1.54, 1.807) is 0 Å². The van der Waals surface area contributed by atoms with E-state index < -0.39 is 29.4 Å². The Labute approximate surface area is 211 Å². The van der Waals surface area contributed by atoms with Gasteiger partial charge in [0.2, 0.25) is 0 Å². The zero-order valence-corrected chi connectivity index (χ0v) is 20.0. The predicted octanol–water partition coefficient (Wildman–Crippen LogP) is 5.70. The van der Waals surface area contributed by atoms with Crippen LogP contribution in [0.4, 0.5) is 13.2 Å². The molecule has 7 nitrogen and oxygen atoms in total. The molecule has 3 aromatic rings. The molecule has 1 fully saturated rings. The van der Waals surface area contributed by atoms with Crippen LogP contribution in [0.2, 0.25) is 0 Å². The molecule has 1 aliphatic heterocycles. The van der Waals surface area contributed by atoms with Crippen molar-refractivity contribution >= 4 is 11.9 Å². The minimum absolute atomic E-state index is 0.0674. The molecule has 0 saturated carbocycles. The molecule has 1 atom stereocenters. The summed E-state index contributed by atoms with van der Waals surface area (Å²) in [6.07, 6.45) is 2.21. The van der Waals surface area contributed by atoms with Crippen molar-refractivity contribution in [2.75, 3.05) is 26.7 Å². The van der Waals surface area contributed by atoms with E-state index in [0.717, 1.165) is 44.1 Å². The average molecular weight is 518 g/mol. The van der Waals surface area contributed by atoms with Gasteiger partial charge in [-0.05, 0) is 81.0 Å². The van der Waals surface area contributed by atoms with E-state index in [1.807, 2.05) is 0 Å². The lowest BCUT2D eigenvalue weighted by Crippen LogP contribution is -2.34. The average Bonchev–Trinajstić information content (AvgIpc) is 2.86. The fourth-order valence-corrected chi connectivity index (χ4v) is 3.72. The van der Waals surface area contributed by atoms with Gasteiger partial charge in [0.25, 0.3) is 0 Å². The normalized spacial score (nSPS) is 15.3. The summed E-state index contributed by atoms with van der Waals surface area (Å²) in [4.78, 5) is 23.5. The number of carbonyl (C=O) groups is 2. The van der Waals surface area contributed by atoms with Crippen molar-refractivity contribution in [3.8, 4) is 17.2 Å². The summed E-state index contributed by atoms with van der Waals surface area (Å²) < 4.78 is 50.2. The highest BCUT2D eigenvalue weighted by Crippen LogP contribution is 2.25. The topological polar surface area (TPSA) is 96.3 Å². The summed E-state index contributed by atoms with van der Waals surface area (Å²) in [7, 11) is 2.06. The number of nitrogens with zero attached hydrogens (tertiary/aromatic N) is 1. The van der Waals surface area contributed by atoms with E-state index in [9.17, 15) is 22.8 Å². The summed E-state index contributed by atoms with van der Waals surface area (Å²) in [6.45, 7) is 2.51. The lowest BCUT2D eigenvalue weighted by atomic mass is 9.99. The molecule has 0 aliphatic carbocycles. The number of benzene rings is 3. The number of hydrogen-bond donors (Lipinski definition) is 2. The molecule has 2 N–H and O–H groups in total. The number of likely N-dealkylation sites (tertiary alicyclic amines) is 1. The Hall–Kier alpha value is -4.05. The first-order chi connectivity index (χ1) is 17.6. The van der Waals surface area contributed by atoms with Crippen LogP contribution in [-0.2, 0) is 0 Å². The van der Waals surface area contributed by atoms with Crippen molar-refractivity contribution in [3.63, 3.8) is 0 Å². The Kier molecular flexibility index (Phi) is 9.51. The second-order valence-electron chi connectivity index (χ2n) is 8.54. The van der Waals surface area contributed by atoms with Crippen LogP contribution in [-0.4, -0.2) is 53.8 Å². The minimum atomic E-state index is -1.14. The molecule has 0 amide bonds. The number of halogens is 3. The van der Waals surface area contributed by atoms with Crippen molar-refractivity contribution < 1.29 is 42.4 Å². The van der Waals surface area contributed by atoms with Crippen LogP contribution in [0.5, 0.6) is 17.2 Å². The minimum Gasteiger partial charge on any atom is -0.490 e. The molecule has 1 aliphatic rings. The Morgan fingerprint density at radius 2 is 1.51 bits per heavy atom. The van der Waals surface area contributed by atoms with Crippen LogP contribution in [0.1, 0.15) is 33.6 Å². The summed E-state index contributed by atoms with van der Waals surface area (Å²) in [5, 5.41) is 17.4. The van der Waals surface area contributed by atoms with Crippen LogP contribution >= 0.6 is 0 Å². The molecule has 37 heavy (non-hydrogen) atoms. The van der Waals surface area contributed by atoms with Gasteiger partial charge in [0.15, 0.2) is 23.1 Å². The van der Waals surface area contributed by atoms with Crippen molar-refractivity contribution in [2.45, 2.75) is 12.8 Å². The van der Waals surface area contributed by atoms with Gasteiger partial charge in [-0.1, -0.05) is 0 Å². The Balaban J connectivity index is 0.000000206. The highest BCUT2D eigenvalue weighted by Gasteiger charge is 2.18. The summed E-state index contributed by atoms with van der Waals surface area (Å²) >= 11 is 0. The fraction of sp³-hybridized carbons (Fsp3) is 0.259. The van der Waals surface area contributed by atoms with Gasteiger partial charge in [-0.3, -0.25) is 0 Å². The van der Waals surface area contributed by atoms with Gasteiger partial charge in [-0.15, -0.1) is 0 Å². The van der Waals surface area contributed by atoms with Gasteiger partial charge in [0, 0.05) is 18.5 Å². The number of piperidine rings is 1. The maximum Gasteiger partial charge on any atom is 0.335 e. The summed E-state index contributed by atoms with van der Waals surface area (Å²) in [6, 6.07) is 12.1. The zero-order chi connectivity index (χ0) is 26.9. The maximum absolute atomic E-state index is 13.6. The van der Waals surface area contributed by atoms with E-state index in [1.165, 1.54) is 36.4 Å². The van der Waals surface area contributed by atoms with E-state index in [2.05, 4.69) is 11.9 Å². The number of aromatic carboxylic acids is 2. The smallest absolute Gasteiger partial charge is 0.335 e. The maximum atomic E-state index is 13.6.